The van der Waals surface area contributed by atoms with Gasteiger partial charge in [-0.1, -0.05) is 30.9 Å². The maximum Gasteiger partial charge on any atom is 0.123 e. The minimum atomic E-state index is -0.282. The van der Waals surface area contributed by atoms with E-state index >= 15 is 0 Å². The predicted octanol–water partition coefficient (Wildman–Crippen LogP) is 5.85. The average molecular weight is 467 g/mol. The van der Waals surface area contributed by atoms with Crippen LogP contribution in [0.4, 0.5) is 10.1 Å². The van der Waals surface area contributed by atoms with Gasteiger partial charge in [-0.15, -0.1) is 0 Å². The van der Waals surface area contributed by atoms with E-state index < -0.39 is 0 Å². The van der Waals surface area contributed by atoms with E-state index in [0.29, 0.717) is 11.4 Å². The number of H-pyrrole nitrogens is 1. The summed E-state index contributed by atoms with van der Waals surface area (Å²) in [6, 6.07) is 10.5. The number of rotatable bonds is 8. The molecule has 7 heteroatoms. The molecule has 35 heavy (non-hydrogen) atoms. The molecule has 0 bridgehead atoms. The van der Waals surface area contributed by atoms with Crippen LogP contribution in [0.25, 0.3) is 29.0 Å². The number of nitrogens with zero attached hydrogens (tertiary/aromatic N) is 4. The summed E-state index contributed by atoms with van der Waals surface area (Å²) < 4.78 is 13.6. The fourth-order valence-corrected chi connectivity index (χ4v) is 4.31. The van der Waals surface area contributed by atoms with Gasteiger partial charge < -0.3 is 5.32 Å². The lowest BCUT2D eigenvalue weighted by molar-refractivity contribution is 0.331. The third-order valence-electron chi connectivity index (χ3n) is 6.02. The van der Waals surface area contributed by atoms with Crippen molar-refractivity contribution in [3.63, 3.8) is 0 Å². The van der Waals surface area contributed by atoms with Crippen molar-refractivity contribution in [3.8, 4) is 11.1 Å². The van der Waals surface area contributed by atoms with Gasteiger partial charge in [0.25, 0.3) is 0 Å². The number of aromatic amines is 1. The molecule has 1 aromatic carbocycles. The summed E-state index contributed by atoms with van der Waals surface area (Å²) in [6.45, 7) is 7.42. The molecule has 1 aliphatic heterocycles. The van der Waals surface area contributed by atoms with Gasteiger partial charge in [-0.05, 0) is 66.9 Å². The molecule has 6 nitrogen and oxygen atoms in total. The van der Waals surface area contributed by atoms with Crippen LogP contribution in [0.2, 0.25) is 0 Å². The van der Waals surface area contributed by atoms with Gasteiger partial charge in [-0.25, -0.2) is 4.39 Å². The van der Waals surface area contributed by atoms with Crippen LogP contribution in [0.15, 0.2) is 74.0 Å². The lowest BCUT2D eigenvalue weighted by Crippen LogP contribution is -2.18. The van der Waals surface area contributed by atoms with Crippen molar-refractivity contribution in [3.05, 3.63) is 102 Å². The number of hydrogen-bond acceptors (Lipinski definition) is 5. The second-order valence-electron chi connectivity index (χ2n) is 8.71. The largest absolute Gasteiger partial charge is 0.353 e. The second-order valence-corrected chi connectivity index (χ2v) is 8.71. The summed E-state index contributed by atoms with van der Waals surface area (Å²) in [5.41, 5.74) is 6.82. The molecule has 4 aromatic rings. The Morgan fingerprint density at radius 1 is 1.03 bits per heavy atom. The first-order valence-corrected chi connectivity index (χ1v) is 11.7. The Morgan fingerprint density at radius 2 is 1.89 bits per heavy atom. The Morgan fingerprint density at radius 3 is 2.74 bits per heavy atom. The third kappa shape index (κ3) is 5.70. The van der Waals surface area contributed by atoms with Crippen molar-refractivity contribution < 1.29 is 4.39 Å². The zero-order valence-electron chi connectivity index (χ0n) is 19.4. The number of nitrogens with one attached hydrogen (secondary N) is 2. The molecule has 0 aliphatic carbocycles. The third-order valence-corrected chi connectivity index (χ3v) is 6.02. The molecule has 1 fully saturated rings. The summed E-state index contributed by atoms with van der Waals surface area (Å²) in [5.74, 6) is -0.282. The highest BCUT2D eigenvalue weighted by Gasteiger charge is 2.12. The Hall–Kier alpha value is -4.10. The Labute approximate surface area is 204 Å². The highest BCUT2D eigenvalue weighted by molar-refractivity contribution is 5.82. The minimum Gasteiger partial charge on any atom is -0.353 e. The van der Waals surface area contributed by atoms with E-state index in [9.17, 15) is 4.39 Å². The molecule has 176 valence electrons. The summed E-state index contributed by atoms with van der Waals surface area (Å²) >= 11 is 0. The molecule has 0 radical (unpaired) electrons. The molecule has 1 saturated heterocycles. The van der Waals surface area contributed by atoms with Crippen LogP contribution in [0.3, 0.4) is 0 Å². The number of hydrogen-bond donors (Lipinski definition) is 2. The van der Waals surface area contributed by atoms with E-state index in [4.69, 9.17) is 0 Å². The first kappa shape index (κ1) is 22.7. The van der Waals surface area contributed by atoms with Crippen LogP contribution in [-0.2, 0) is 6.54 Å². The number of benzene rings is 1. The summed E-state index contributed by atoms with van der Waals surface area (Å²) in [7, 11) is 0. The fourth-order valence-electron chi connectivity index (χ4n) is 4.31. The molecular formula is C28H27FN6. The van der Waals surface area contributed by atoms with Crippen molar-refractivity contribution in [2.75, 3.05) is 18.4 Å². The predicted molar refractivity (Wildman–Crippen MR) is 139 cm³/mol. The normalized spacial score (nSPS) is 14.0. The monoisotopic (exact) mass is 466 g/mol. The molecule has 0 spiro atoms. The lowest BCUT2D eigenvalue weighted by Gasteiger charge is -2.14. The number of halogens is 1. The van der Waals surface area contributed by atoms with Crippen LogP contribution >= 0.6 is 0 Å². The van der Waals surface area contributed by atoms with Gasteiger partial charge in [0, 0.05) is 42.5 Å². The number of likely N-dealkylation sites (tertiary alicyclic amines) is 1. The molecule has 5 rings (SSSR count). The van der Waals surface area contributed by atoms with Crippen molar-refractivity contribution >= 4 is 23.5 Å². The highest BCUT2D eigenvalue weighted by atomic mass is 19.1. The fraction of sp³-hybridized carbons (Fsp3) is 0.179. The molecule has 0 unspecified atom stereocenters. The number of pyridine rings is 2. The molecule has 0 saturated carbocycles. The van der Waals surface area contributed by atoms with Crippen LogP contribution < -0.4 is 5.32 Å². The Bertz CT molecular complexity index is 1350. The maximum atomic E-state index is 13.6. The van der Waals surface area contributed by atoms with E-state index in [1.165, 1.54) is 30.5 Å². The summed E-state index contributed by atoms with van der Waals surface area (Å²) in [6.07, 6.45) is 15.6. The molecule has 1 aliphatic rings. The molecule has 3 aromatic heterocycles. The molecule has 0 amide bonds. The zero-order valence-corrected chi connectivity index (χ0v) is 19.4. The first-order chi connectivity index (χ1) is 17.1. The Balaban J connectivity index is 1.28. The van der Waals surface area contributed by atoms with Crippen LogP contribution in [0.1, 0.15) is 35.2 Å². The lowest BCUT2D eigenvalue weighted by atomic mass is 10.1. The van der Waals surface area contributed by atoms with Gasteiger partial charge in [0.15, 0.2) is 0 Å². The minimum absolute atomic E-state index is 0.282. The quantitative estimate of drug-likeness (QED) is 0.341. The molecular weight excluding hydrogens is 439 g/mol. The van der Waals surface area contributed by atoms with Gasteiger partial charge in [-0.3, -0.25) is 20.0 Å². The van der Waals surface area contributed by atoms with Gasteiger partial charge in [0.1, 0.15) is 11.5 Å². The van der Waals surface area contributed by atoms with Crippen molar-refractivity contribution in [2.45, 2.75) is 19.4 Å². The molecule has 2 N–H and O–H groups in total. The summed E-state index contributed by atoms with van der Waals surface area (Å²) in [5, 5.41) is 10.6. The SMILES string of the molecule is C=C(Nc1cncc(-c2cccc(F)c2)c1)c1n[nH]cc1/C=C/c1cncc(CN2CCCC2)c1. The van der Waals surface area contributed by atoms with E-state index in [2.05, 4.69) is 43.0 Å². The second kappa shape index (κ2) is 10.4. The average Bonchev–Trinajstić information content (AvgIpc) is 3.55. The van der Waals surface area contributed by atoms with Crippen molar-refractivity contribution in [2.24, 2.45) is 0 Å². The highest BCUT2D eigenvalue weighted by Crippen LogP contribution is 2.25. The van der Waals surface area contributed by atoms with Crippen LogP contribution in [-0.4, -0.2) is 38.2 Å². The van der Waals surface area contributed by atoms with E-state index in [0.717, 1.165) is 47.6 Å². The summed E-state index contributed by atoms with van der Waals surface area (Å²) in [4.78, 5) is 11.2. The number of anilines is 1. The maximum absolute atomic E-state index is 13.6. The van der Waals surface area contributed by atoms with Crippen LogP contribution in [0.5, 0.6) is 0 Å². The van der Waals surface area contributed by atoms with E-state index in [1.807, 2.05) is 42.9 Å². The smallest absolute Gasteiger partial charge is 0.123 e. The van der Waals surface area contributed by atoms with Crippen molar-refractivity contribution in [1.29, 1.82) is 0 Å². The van der Waals surface area contributed by atoms with Gasteiger partial charge in [-0.2, -0.15) is 5.10 Å². The number of aromatic nitrogens is 4. The van der Waals surface area contributed by atoms with E-state index in [1.54, 1.807) is 18.5 Å². The van der Waals surface area contributed by atoms with Gasteiger partial charge >= 0.3 is 0 Å². The topological polar surface area (TPSA) is 69.7 Å². The van der Waals surface area contributed by atoms with Gasteiger partial charge in [0.2, 0.25) is 0 Å². The molecule has 4 heterocycles. The Kier molecular flexibility index (Phi) is 6.77. The zero-order chi connectivity index (χ0) is 24.0. The van der Waals surface area contributed by atoms with Crippen LogP contribution in [0, 0.1) is 5.82 Å². The van der Waals surface area contributed by atoms with Crippen molar-refractivity contribution in [1.82, 2.24) is 25.1 Å². The van der Waals surface area contributed by atoms with Gasteiger partial charge in [0.05, 0.1) is 17.6 Å². The first-order valence-electron chi connectivity index (χ1n) is 11.7. The molecule has 0 atom stereocenters. The van der Waals surface area contributed by atoms with E-state index in [-0.39, 0.29) is 5.82 Å². The standard InChI is InChI=1S/C28H27FN6/c1-20(33-27-13-25(16-31-18-27)23-5-4-6-26(29)12-23)28-24(17-32-34-28)8-7-21-11-22(15-30-14-21)19-35-9-2-3-10-35/h4-8,11-18,33H,1-3,9-10,19H2,(H,32,34)/b8-7+.